The molecule has 0 aromatic heterocycles. The van der Waals surface area contributed by atoms with Crippen LogP contribution in [0.15, 0.2) is 30.3 Å². The Balaban J connectivity index is 0.000000540. The molecule has 1 atom stereocenters. The molecule has 35 heavy (non-hydrogen) atoms. The molecule has 0 fully saturated rings. The number of anilines is 1. The van der Waals surface area contributed by atoms with Crippen LogP contribution in [0.1, 0.15) is 31.1 Å². The van der Waals surface area contributed by atoms with Crippen LogP contribution in [0.3, 0.4) is 0 Å². The minimum atomic E-state index is -5.08. The Labute approximate surface area is 196 Å². The third-order valence-corrected chi connectivity index (χ3v) is 4.73. The van der Waals surface area contributed by atoms with Crippen molar-refractivity contribution in [2.45, 2.75) is 38.1 Å². The first kappa shape index (κ1) is 27.8. The molecule has 3 rings (SSSR count). The molecule has 1 unspecified atom stereocenters. The zero-order valence-corrected chi connectivity index (χ0v) is 18.5. The molecule has 1 heterocycles. The van der Waals surface area contributed by atoms with E-state index in [1.165, 1.54) is 18.2 Å². The Kier molecular flexibility index (Phi) is 8.63. The average Bonchev–Trinajstić information content (AvgIpc) is 2.73. The van der Waals surface area contributed by atoms with E-state index in [0.717, 1.165) is 12.1 Å². The van der Waals surface area contributed by atoms with Gasteiger partial charge >= 0.3 is 12.1 Å². The van der Waals surface area contributed by atoms with Gasteiger partial charge in [0, 0.05) is 23.7 Å². The normalized spacial score (nSPS) is 14.1. The number of alkyl halides is 3. The lowest BCUT2D eigenvalue weighted by Crippen LogP contribution is -2.43. The van der Waals surface area contributed by atoms with Crippen LogP contribution in [-0.2, 0) is 16.0 Å². The summed E-state index contributed by atoms with van der Waals surface area (Å²) in [5, 5.41) is 33.4. The van der Waals surface area contributed by atoms with Crippen molar-refractivity contribution in [1.82, 2.24) is 5.32 Å². The van der Waals surface area contributed by atoms with Gasteiger partial charge in [-0.15, -0.1) is 0 Å². The van der Waals surface area contributed by atoms with Crippen LogP contribution in [0, 0.1) is 11.6 Å². The van der Waals surface area contributed by atoms with Crippen LogP contribution in [0.2, 0.25) is 0 Å². The van der Waals surface area contributed by atoms with Gasteiger partial charge in [0.25, 0.3) is 5.91 Å². The highest BCUT2D eigenvalue weighted by molar-refractivity contribution is 5.96. The number of aliphatic hydroxyl groups excluding tert-OH is 1. The fraction of sp³-hybridized carbons (Fsp3) is 0.364. The zero-order chi connectivity index (χ0) is 26.6. The number of benzene rings is 2. The summed E-state index contributed by atoms with van der Waals surface area (Å²) in [7, 11) is 0. The van der Waals surface area contributed by atoms with Gasteiger partial charge in [-0.05, 0) is 44.0 Å². The summed E-state index contributed by atoms with van der Waals surface area (Å²) in [6.45, 7) is 3.68. The molecule has 5 N–H and O–H groups in total. The van der Waals surface area contributed by atoms with Gasteiger partial charge in [-0.2, -0.15) is 13.2 Å². The van der Waals surface area contributed by atoms with Crippen molar-refractivity contribution in [3.63, 3.8) is 0 Å². The number of aliphatic carboxylic acids is 1. The van der Waals surface area contributed by atoms with Crippen LogP contribution >= 0.6 is 0 Å². The lowest BCUT2D eigenvalue weighted by Gasteiger charge is -2.29. The summed E-state index contributed by atoms with van der Waals surface area (Å²) >= 11 is 0. The van der Waals surface area contributed by atoms with E-state index in [0.29, 0.717) is 29.0 Å². The number of rotatable bonds is 6. The van der Waals surface area contributed by atoms with Crippen LogP contribution in [-0.4, -0.2) is 52.1 Å². The van der Waals surface area contributed by atoms with Crippen molar-refractivity contribution < 1.29 is 51.6 Å². The molecule has 0 saturated carbocycles. The fourth-order valence-corrected chi connectivity index (χ4v) is 3.17. The Morgan fingerprint density at radius 3 is 2.37 bits per heavy atom. The number of carboxylic acid groups (broad SMARTS) is 1. The van der Waals surface area contributed by atoms with E-state index in [2.05, 4.69) is 10.6 Å². The third-order valence-electron chi connectivity index (χ3n) is 4.73. The molecule has 2 aromatic carbocycles. The van der Waals surface area contributed by atoms with Gasteiger partial charge in [0.05, 0.1) is 11.8 Å². The Morgan fingerprint density at radius 1 is 1.17 bits per heavy atom. The molecule has 0 aliphatic carbocycles. The first-order valence-electron chi connectivity index (χ1n) is 10.1. The molecule has 1 aliphatic heterocycles. The van der Waals surface area contributed by atoms with E-state index in [1.807, 2.05) is 13.8 Å². The maximum absolute atomic E-state index is 13.4. The van der Waals surface area contributed by atoms with Crippen molar-refractivity contribution in [1.29, 1.82) is 0 Å². The fourth-order valence-electron chi connectivity index (χ4n) is 3.17. The van der Waals surface area contributed by atoms with E-state index >= 15 is 0 Å². The molecule has 0 spiro atoms. The van der Waals surface area contributed by atoms with Gasteiger partial charge < -0.3 is 30.7 Å². The lowest BCUT2D eigenvalue weighted by atomic mass is 9.94. The number of carbonyl (C=O) groups excluding carboxylic acids is 1. The van der Waals surface area contributed by atoms with E-state index in [4.69, 9.17) is 14.6 Å². The highest BCUT2D eigenvalue weighted by Gasteiger charge is 2.38. The van der Waals surface area contributed by atoms with E-state index in [1.54, 1.807) is 0 Å². The summed E-state index contributed by atoms with van der Waals surface area (Å²) in [6, 6.07) is 6.48. The third kappa shape index (κ3) is 8.07. The van der Waals surface area contributed by atoms with E-state index in [9.17, 15) is 37.0 Å². The standard InChI is InChI=1S/C20H22F2N2O4.C2HF3O2/c1-20(2,8-11-3-4-14(21)15(22)5-11)23-9-17(26)13-6-12(25)7-16-19(13)28-10-18(27)24-16;3-2(4,5)1(6)7/h3-7,17,23,25-26H,8-10H2,1-2H3,(H,24,27);(H,6,7). The van der Waals surface area contributed by atoms with Crippen molar-refractivity contribution in [2.75, 3.05) is 18.5 Å². The second-order valence-corrected chi connectivity index (χ2v) is 8.26. The van der Waals surface area contributed by atoms with E-state index < -0.39 is 35.4 Å². The number of aromatic hydroxyl groups is 1. The molecule has 0 radical (unpaired) electrons. The smallest absolute Gasteiger partial charge is 0.490 e. The van der Waals surface area contributed by atoms with Crippen molar-refractivity contribution in [3.8, 4) is 11.5 Å². The number of halogens is 5. The average molecular weight is 506 g/mol. The molecule has 1 amide bonds. The highest BCUT2D eigenvalue weighted by Crippen LogP contribution is 2.38. The number of carbonyl (C=O) groups is 2. The Hall–Kier alpha value is -3.45. The molecular weight excluding hydrogens is 483 g/mol. The summed E-state index contributed by atoms with van der Waals surface area (Å²) in [5.41, 5.74) is 0.723. The number of β-amino-alcohol motifs (C(OH)–C–C–N with tert-alkyl or cyclic N) is 1. The van der Waals surface area contributed by atoms with Crippen LogP contribution in [0.25, 0.3) is 0 Å². The Bertz CT molecular complexity index is 1090. The number of hydrogen-bond donors (Lipinski definition) is 5. The van der Waals surface area contributed by atoms with E-state index in [-0.39, 0.29) is 24.8 Å². The number of fused-ring (bicyclic) bond motifs is 1. The van der Waals surface area contributed by atoms with Gasteiger partial charge in [-0.3, -0.25) is 4.79 Å². The molecule has 1 aliphatic rings. The van der Waals surface area contributed by atoms with Gasteiger partial charge in [0.15, 0.2) is 18.2 Å². The van der Waals surface area contributed by atoms with Crippen LogP contribution in [0.4, 0.5) is 27.6 Å². The number of carboxylic acids is 1. The van der Waals surface area contributed by atoms with Crippen LogP contribution < -0.4 is 15.4 Å². The molecule has 0 saturated heterocycles. The summed E-state index contributed by atoms with van der Waals surface area (Å²) in [6.07, 6.45) is -5.71. The summed E-state index contributed by atoms with van der Waals surface area (Å²) in [4.78, 5) is 20.3. The molecule has 13 heteroatoms. The quantitative estimate of drug-likeness (QED) is 0.381. The summed E-state index contributed by atoms with van der Waals surface area (Å²) in [5.74, 6) is -4.70. The van der Waals surface area contributed by atoms with Crippen molar-refractivity contribution in [3.05, 3.63) is 53.1 Å². The molecule has 8 nitrogen and oxygen atoms in total. The Morgan fingerprint density at radius 2 is 1.80 bits per heavy atom. The number of nitrogens with one attached hydrogen (secondary N) is 2. The van der Waals surface area contributed by atoms with Gasteiger partial charge in [-0.25, -0.2) is 13.6 Å². The predicted molar refractivity (Wildman–Crippen MR) is 113 cm³/mol. The highest BCUT2D eigenvalue weighted by atomic mass is 19.4. The lowest BCUT2D eigenvalue weighted by molar-refractivity contribution is -0.192. The monoisotopic (exact) mass is 506 g/mol. The molecule has 0 bridgehead atoms. The number of amides is 1. The van der Waals surface area contributed by atoms with Crippen molar-refractivity contribution in [2.24, 2.45) is 0 Å². The van der Waals surface area contributed by atoms with Gasteiger partial charge in [-0.1, -0.05) is 6.07 Å². The first-order chi connectivity index (χ1) is 16.1. The number of phenols is 1. The number of hydrogen-bond acceptors (Lipinski definition) is 6. The predicted octanol–water partition coefficient (Wildman–Crippen LogP) is 3.28. The maximum Gasteiger partial charge on any atom is 0.490 e. The second-order valence-electron chi connectivity index (χ2n) is 8.26. The molecule has 192 valence electrons. The summed E-state index contributed by atoms with van der Waals surface area (Å²) < 4.78 is 63.6. The SMILES string of the molecule is CC(C)(Cc1ccc(F)c(F)c1)NCC(O)c1cc(O)cc2c1OCC(=O)N2.O=C(O)C(F)(F)F. The zero-order valence-electron chi connectivity index (χ0n) is 18.5. The number of ether oxygens (including phenoxy) is 1. The maximum atomic E-state index is 13.4. The number of aliphatic hydroxyl groups is 1. The van der Waals surface area contributed by atoms with Crippen LogP contribution in [0.5, 0.6) is 11.5 Å². The topological polar surface area (TPSA) is 128 Å². The number of phenolic OH excluding ortho intramolecular Hbond substituents is 1. The molecule has 2 aromatic rings. The molecular formula is C22H23F5N2O6. The minimum absolute atomic E-state index is 0.111. The van der Waals surface area contributed by atoms with Gasteiger partial charge in [0.2, 0.25) is 0 Å². The second kappa shape index (κ2) is 10.9. The van der Waals surface area contributed by atoms with Gasteiger partial charge in [0.1, 0.15) is 11.5 Å². The largest absolute Gasteiger partial charge is 0.508 e. The van der Waals surface area contributed by atoms with Crippen molar-refractivity contribution >= 4 is 17.6 Å². The first-order valence-corrected chi connectivity index (χ1v) is 10.1. The minimum Gasteiger partial charge on any atom is -0.508 e.